The molecule has 0 fully saturated rings. The van der Waals surface area contributed by atoms with E-state index in [9.17, 15) is 9.18 Å². The lowest BCUT2D eigenvalue weighted by Gasteiger charge is -2.16. The van der Waals surface area contributed by atoms with Gasteiger partial charge in [0, 0.05) is 11.1 Å². The number of aromatic nitrogens is 2. The molecule has 3 rings (SSSR count). The number of nitrogens with one attached hydrogen (secondary N) is 3. The highest BCUT2D eigenvalue weighted by molar-refractivity contribution is 5.97. The second-order valence-electron chi connectivity index (χ2n) is 4.93. The number of likely N-dealkylation sites (N-methyl/N-ethyl adjacent to an activating group) is 1. The average molecular weight is 298 g/mol. The lowest BCUT2D eigenvalue weighted by Crippen LogP contribution is -2.30. The zero-order valence-electron chi connectivity index (χ0n) is 11.9. The lowest BCUT2D eigenvalue weighted by atomic mass is 10.1. The minimum Gasteiger partial charge on any atom is -0.324 e. The molecule has 5 nitrogen and oxygen atoms in total. The number of nitrogens with zero attached hydrogens (tertiary/aromatic N) is 1. The van der Waals surface area contributed by atoms with Crippen LogP contribution in [0.1, 0.15) is 11.6 Å². The molecule has 112 valence electrons. The van der Waals surface area contributed by atoms with Crippen LogP contribution in [-0.4, -0.2) is 23.2 Å². The minimum absolute atomic E-state index is 0.211. The zero-order chi connectivity index (χ0) is 15.5. The van der Waals surface area contributed by atoms with Crippen LogP contribution >= 0.6 is 0 Å². The molecule has 6 heteroatoms. The summed E-state index contributed by atoms with van der Waals surface area (Å²) in [4.78, 5) is 12.4. The Hall–Kier alpha value is -2.73. The van der Waals surface area contributed by atoms with Gasteiger partial charge in [-0.2, -0.15) is 5.10 Å². The number of aromatic amines is 1. The van der Waals surface area contributed by atoms with Crippen LogP contribution in [0.3, 0.4) is 0 Å². The van der Waals surface area contributed by atoms with E-state index in [4.69, 9.17) is 0 Å². The fraction of sp³-hybridized carbons (Fsp3) is 0.125. The number of hydrogen-bond donors (Lipinski definition) is 3. The van der Waals surface area contributed by atoms with E-state index in [-0.39, 0.29) is 11.7 Å². The number of fused-ring (bicyclic) bond motifs is 1. The van der Waals surface area contributed by atoms with Crippen molar-refractivity contribution in [3.8, 4) is 0 Å². The summed E-state index contributed by atoms with van der Waals surface area (Å²) in [6, 6.07) is 10.8. The molecule has 22 heavy (non-hydrogen) atoms. The molecule has 0 spiro atoms. The zero-order valence-corrected chi connectivity index (χ0v) is 11.9. The van der Waals surface area contributed by atoms with Crippen molar-refractivity contribution in [3.05, 3.63) is 60.0 Å². The highest BCUT2D eigenvalue weighted by Crippen LogP contribution is 2.19. The topological polar surface area (TPSA) is 69.8 Å². The van der Waals surface area contributed by atoms with Crippen LogP contribution in [0.25, 0.3) is 10.9 Å². The molecule has 0 aliphatic carbocycles. The van der Waals surface area contributed by atoms with Crippen molar-refractivity contribution < 1.29 is 9.18 Å². The minimum atomic E-state index is -0.555. The Bertz CT molecular complexity index is 797. The van der Waals surface area contributed by atoms with Gasteiger partial charge >= 0.3 is 0 Å². The molecule has 1 aromatic heterocycles. The van der Waals surface area contributed by atoms with Gasteiger partial charge in [-0.05, 0) is 42.9 Å². The molecule has 0 saturated carbocycles. The van der Waals surface area contributed by atoms with Gasteiger partial charge in [0.1, 0.15) is 11.9 Å². The van der Waals surface area contributed by atoms with Crippen molar-refractivity contribution in [2.45, 2.75) is 6.04 Å². The van der Waals surface area contributed by atoms with Gasteiger partial charge in [-0.3, -0.25) is 9.89 Å². The largest absolute Gasteiger partial charge is 0.324 e. The summed E-state index contributed by atoms with van der Waals surface area (Å²) >= 11 is 0. The van der Waals surface area contributed by atoms with Crippen LogP contribution in [0.4, 0.5) is 10.1 Å². The van der Waals surface area contributed by atoms with Gasteiger partial charge < -0.3 is 10.6 Å². The summed E-state index contributed by atoms with van der Waals surface area (Å²) in [5, 5.41) is 13.5. The van der Waals surface area contributed by atoms with Gasteiger partial charge in [0.05, 0.1) is 11.7 Å². The number of halogens is 1. The number of carbonyl (C=O) groups is 1. The molecule has 0 radical (unpaired) electrons. The van der Waals surface area contributed by atoms with Gasteiger partial charge in [0.25, 0.3) is 0 Å². The van der Waals surface area contributed by atoms with E-state index < -0.39 is 6.04 Å². The Labute approximate surface area is 126 Å². The maximum Gasteiger partial charge on any atom is 0.246 e. The summed E-state index contributed by atoms with van der Waals surface area (Å²) in [6.45, 7) is 0. The van der Waals surface area contributed by atoms with Crippen LogP contribution in [0.5, 0.6) is 0 Å². The van der Waals surface area contributed by atoms with E-state index in [1.807, 2.05) is 12.1 Å². The van der Waals surface area contributed by atoms with E-state index >= 15 is 0 Å². The molecular weight excluding hydrogens is 283 g/mol. The summed E-state index contributed by atoms with van der Waals surface area (Å²) in [5.74, 6) is -0.540. The first-order valence-corrected chi connectivity index (χ1v) is 6.84. The Morgan fingerprint density at radius 1 is 1.23 bits per heavy atom. The second kappa shape index (κ2) is 5.95. The first-order valence-electron chi connectivity index (χ1n) is 6.84. The molecule has 3 aromatic rings. The summed E-state index contributed by atoms with van der Waals surface area (Å²) < 4.78 is 13.0. The third-order valence-electron chi connectivity index (χ3n) is 3.46. The molecule has 0 saturated heterocycles. The first-order chi connectivity index (χ1) is 10.7. The number of carbonyl (C=O) groups excluding carboxylic acids is 1. The van der Waals surface area contributed by atoms with Crippen molar-refractivity contribution in [2.75, 3.05) is 12.4 Å². The van der Waals surface area contributed by atoms with Crippen LogP contribution in [0, 0.1) is 5.82 Å². The summed E-state index contributed by atoms with van der Waals surface area (Å²) in [5.41, 5.74) is 2.29. The summed E-state index contributed by atoms with van der Waals surface area (Å²) in [7, 11) is 1.69. The maximum absolute atomic E-state index is 13.0. The number of anilines is 1. The van der Waals surface area contributed by atoms with E-state index in [0.717, 1.165) is 10.9 Å². The van der Waals surface area contributed by atoms with Crippen molar-refractivity contribution in [1.29, 1.82) is 0 Å². The highest BCUT2D eigenvalue weighted by atomic mass is 19.1. The van der Waals surface area contributed by atoms with Crippen molar-refractivity contribution >= 4 is 22.5 Å². The number of benzene rings is 2. The van der Waals surface area contributed by atoms with Gasteiger partial charge in [-0.15, -0.1) is 0 Å². The molecule has 1 heterocycles. The van der Waals surface area contributed by atoms with Crippen LogP contribution < -0.4 is 10.6 Å². The predicted octanol–water partition coefficient (Wildman–Crippen LogP) is 2.60. The maximum atomic E-state index is 13.0. The summed E-state index contributed by atoms with van der Waals surface area (Å²) in [6.07, 6.45) is 1.69. The van der Waals surface area contributed by atoms with Crippen molar-refractivity contribution in [1.82, 2.24) is 15.5 Å². The molecule has 0 aliphatic rings. The number of rotatable bonds is 4. The third-order valence-corrected chi connectivity index (χ3v) is 3.46. The van der Waals surface area contributed by atoms with Crippen LogP contribution in [0.15, 0.2) is 48.7 Å². The second-order valence-corrected chi connectivity index (χ2v) is 4.93. The quantitative estimate of drug-likeness (QED) is 0.693. The van der Waals surface area contributed by atoms with Gasteiger partial charge in [-0.25, -0.2) is 4.39 Å². The first kappa shape index (κ1) is 14.2. The Morgan fingerprint density at radius 3 is 2.73 bits per heavy atom. The number of hydrogen-bond acceptors (Lipinski definition) is 3. The van der Waals surface area contributed by atoms with Crippen LogP contribution in [0.2, 0.25) is 0 Å². The number of amides is 1. The SMILES string of the molecule is CNC(C(=O)Nc1ccc2[nH]ncc2c1)c1ccc(F)cc1. The molecular formula is C16H15FN4O. The van der Waals surface area contributed by atoms with Gasteiger partial charge in [-0.1, -0.05) is 12.1 Å². The molecule has 1 atom stereocenters. The molecule has 1 amide bonds. The lowest BCUT2D eigenvalue weighted by molar-refractivity contribution is -0.118. The smallest absolute Gasteiger partial charge is 0.246 e. The molecule has 0 bridgehead atoms. The van der Waals surface area contributed by atoms with Crippen molar-refractivity contribution in [3.63, 3.8) is 0 Å². The third kappa shape index (κ3) is 2.82. The molecule has 2 aromatic carbocycles. The molecule has 0 aliphatic heterocycles. The normalized spacial score (nSPS) is 12.3. The monoisotopic (exact) mass is 298 g/mol. The van der Waals surface area contributed by atoms with Gasteiger partial charge in [0.2, 0.25) is 5.91 Å². The van der Waals surface area contributed by atoms with E-state index in [1.54, 1.807) is 31.4 Å². The van der Waals surface area contributed by atoms with Crippen LogP contribution in [-0.2, 0) is 4.79 Å². The standard InChI is InChI=1S/C16H15FN4O/c1-18-15(10-2-4-12(17)5-3-10)16(22)20-13-6-7-14-11(8-13)9-19-21-14/h2-9,15,18H,1H3,(H,19,21)(H,20,22). The Kier molecular flexibility index (Phi) is 3.84. The van der Waals surface area contributed by atoms with E-state index in [1.165, 1.54) is 12.1 Å². The fourth-order valence-corrected chi connectivity index (χ4v) is 2.34. The fourth-order valence-electron chi connectivity index (χ4n) is 2.34. The van der Waals surface area contributed by atoms with Crippen molar-refractivity contribution in [2.24, 2.45) is 0 Å². The van der Waals surface area contributed by atoms with E-state index in [0.29, 0.717) is 11.3 Å². The van der Waals surface area contributed by atoms with Gasteiger partial charge in [0.15, 0.2) is 0 Å². The Balaban J connectivity index is 1.80. The average Bonchev–Trinajstić information content (AvgIpc) is 2.97. The molecule has 1 unspecified atom stereocenters. The molecule has 3 N–H and O–H groups in total. The predicted molar refractivity (Wildman–Crippen MR) is 82.9 cm³/mol. The Morgan fingerprint density at radius 2 is 2.00 bits per heavy atom. The van der Waals surface area contributed by atoms with E-state index in [2.05, 4.69) is 20.8 Å². The number of H-pyrrole nitrogens is 1. The highest BCUT2D eigenvalue weighted by Gasteiger charge is 2.18.